The molecule has 0 radical (unpaired) electrons. The van der Waals surface area contributed by atoms with Crippen molar-refractivity contribution in [1.82, 2.24) is 10.2 Å². The molecular formula is C19H13F3N2O3S. The maximum absolute atomic E-state index is 13.7. The summed E-state index contributed by atoms with van der Waals surface area (Å²) in [6.07, 6.45) is 1.28. The Bertz CT molecular complexity index is 994. The number of hydrogen-bond acceptors (Lipinski definition) is 4. The fourth-order valence-corrected chi connectivity index (χ4v) is 3.33. The van der Waals surface area contributed by atoms with Crippen molar-refractivity contribution in [2.75, 3.05) is 13.1 Å². The summed E-state index contributed by atoms with van der Waals surface area (Å²) in [5, 5.41) is 1.80. The number of rotatable bonds is 5. The summed E-state index contributed by atoms with van der Waals surface area (Å²) in [7, 11) is 0. The van der Waals surface area contributed by atoms with Gasteiger partial charge in [0.2, 0.25) is 0 Å². The van der Waals surface area contributed by atoms with Gasteiger partial charge in [0.1, 0.15) is 17.5 Å². The van der Waals surface area contributed by atoms with Crippen molar-refractivity contribution in [2.24, 2.45) is 0 Å². The van der Waals surface area contributed by atoms with E-state index in [1.54, 1.807) is 6.07 Å². The van der Waals surface area contributed by atoms with Gasteiger partial charge in [0.05, 0.1) is 10.5 Å². The van der Waals surface area contributed by atoms with Crippen molar-refractivity contribution in [1.29, 1.82) is 0 Å². The van der Waals surface area contributed by atoms with Crippen LogP contribution in [0.15, 0.2) is 47.4 Å². The topological polar surface area (TPSA) is 66.5 Å². The van der Waals surface area contributed by atoms with Crippen molar-refractivity contribution in [3.63, 3.8) is 0 Å². The molecule has 1 aliphatic rings. The second-order valence-electron chi connectivity index (χ2n) is 5.73. The molecule has 0 spiro atoms. The van der Waals surface area contributed by atoms with E-state index in [1.807, 2.05) is 0 Å². The van der Waals surface area contributed by atoms with Gasteiger partial charge in [-0.2, -0.15) is 0 Å². The van der Waals surface area contributed by atoms with E-state index in [0.29, 0.717) is 17.8 Å². The molecule has 1 aliphatic heterocycles. The highest BCUT2D eigenvalue weighted by atomic mass is 32.2. The van der Waals surface area contributed by atoms with Crippen LogP contribution in [0.25, 0.3) is 6.08 Å². The molecule has 1 N–H and O–H groups in total. The summed E-state index contributed by atoms with van der Waals surface area (Å²) in [5.41, 5.74) is -0.178. The van der Waals surface area contributed by atoms with Gasteiger partial charge >= 0.3 is 0 Å². The molecule has 9 heteroatoms. The zero-order valence-corrected chi connectivity index (χ0v) is 15.1. The van der Waals surface area contributed by atoms with E-state index in [1.165, 1.54) is 24.3 Å². The molecule has 0 aromatic heterocycles. The molecule has 0 bridgehead atoms. The lowest BCUT2D eigenvalue weighted by Crippen LogP contribution is -2.37. The van der Waals surface area contributed by atoms with Gasteiger partial charge in [-0.3, -0.25) is 19.3 Å². The molecule has 1 saturated heterocycles. The zero-order valence-electron chi connectivity index (χ0n) is 14.2. The van der Waals surface area contributed by atoms with Crippen LogP contribution in [-0.2, 0) is 4.79 Å². The van der Waals surface area contributed by atoms with Crippen molar-refractivity contribution < 1.29 is 27.6 Å². The van der Waals surface area contributed by atoms with Crippen LogP contribution in [0, 0.1) is 17.5 Å². The molecule has 0 atom stereocenters. The van der Waals surface area contributed by atoms with Gasteiger partial charge in [0, 0.05) is 24.7 Å². The maximum atomic E-state index is 13.7. The first-order valence-electron chi connectivity index (χ1n) is 8.10. The van der Waals surface area contributed by atoms with E-state index in [-0.39, 0.29) is 29.1 Å². The molecule has 3 rings (SSSR count). The lowest BCUT2D eigenvalue weighted by molar-refractivity contribution is -0.122. The summed E-state index contributed by atoms with van der Waals surface area (Å²) >= 11 is 0.662. The highest BCUT2D eigenvalue weighted by molar-refractivity contribution is 8.18. The van der Waals surface area contributed by atoms with Crippen LogP contribution in [0.2, 0.25) is 0 Å². The van der Waals surface area contributed by atoms with E-state index in [2.05, 4.69) is 5.32 Å². The summed E-state index contributed by atoms with van der Waals surface area (Å²) in [6, 6.07) is 8.34. The molecule has 144 valence electrons. The molecule has 0 aliphatic carbocycles. The predicted molar refractivity (Wildman–Crippen MR) is 97.8 cm³/mol. The van der Waals surface area contributed by atoms with Crippen LogP contribution in [-0.4, -0.2) is 35.0 Å². The van der Waals surface area contributed by atoms with Crippen LogP contribution in [0.1, 0.15) is 15.9 Å². The fraction of sp³-hybridized carbons (Fsp3) is 0.105. The summed E-state index contributed by atoms with van der Waals surface area (Å²) in [4.78, 5) is 37.3. The van der Waals surface area contributed by atoms with Crippen LogP contribution < -0.4 is 5.32 Å². The lowest BCUT2D eigenvalue weighted by atomic mass is 10.2. The summed E-state index contributed by atoms with van der Waals surface area (Å²) in [6.45, 7) is -0.269. The smallest absolute Gasteiger partial charge is 0.293 e. The standard InChI is InChI=1S/C19H13F3N2O3S/c20-12-5-6-13(15(22)10-12)17(25)23-7-8-24-18(26)16(28-19(24)27)9-11-3-1-2-4-14(11)21/h1-6,9-10H,7-8H2,(H,23,25). The molecular weight excluding hydrogens is 393 g/mol. The van der Waals surface area contributed by atoms with E-state index >= 15 is 0 Å². The summed E-state index contributed by atoms with van der Waals surface area (Å²) < 4.78 is 40.2. The Kier molecular flexibility index (Phi) is 5.84. The number of carbonyl (C=O) groups excluding carboxylic acids is 3. The van der Waals surface area contributed by atoms with Gasteiger partial charge in [0.15, 0.2) is 0 Å². The Morgan fingerprint density at radius 3 is 2.54 bits per heavy atom. The number of halogens is 3. The summed E-state index contributed by atoms with van der Waals surface area (Å²) in [5.74, 6) is -3.76. The highest BCUT2D eigenvalue weighted by Crippen LogP contribution is 2.32. The normalized spacial score (nSPS) is 15.4. The second-order valence-corrected chi connectivity index (χ2v) is 6.73. The van der Waals surface area contributed by atoms with Crippen LogP contribution in [0.4, 0.5) is 18.0 Å². The quantitative estimate of drug-likeness (QED) is 0.771. The minimum atomic E-state index is -1.02. The van der Waals surface area contributed by atoms with Crippen LogP contribution >= 0.6 is 11.8 Å². The van der Waals surface area contributed by atoms with Crippen molar-refractivity contribution in [3.05, 3.63) is 75.9 Å². The zero-order chi connectivity index (χ0) is 20.3. The van der Waals surface area contributed by atoms with Crippen LogP contribution in [0.3, 0.4) is 0 Å². The molecule has 2 aromatic carbocycles. The van der Waals surface area contributed by atoms with E-state index in [0.717, 1.165) is 17.0 Å². The Morgan fingerprint density at radius 2 is 1.82 bits per heavy atom. The number of hydrogen-bond donors (Lipinski definition) is 1. The van der Waals surface area contributed by atoms with Gasteiger partial charge in [-0.1, -0.05) is 18.2 Å². The minimum absolute atomic E-state index is 0.0611. The minimum Gasteiger partial charge on any atom is -0.350 e. The number of carbonyl (C=O) groups is 3. The number of imide groups is 1. The molecule has 2 aromatic rings. The highest BCUT2D eigenvalue weighted by Gasteiger charge is 2.34. The molecule has 1 heterocycles. The third-order valence-electron chi connectivity index (χ3n) is 3.86. The first-order valence-corrected chi connectivity index (χ1v) is 8.91. The van der Waals surface area contributed by atoms with Gasteiger partial charge in [-0.15, -0.1) is 0 Å². The van der Waals surface area contributed by atoms with E-state index in [4.69, 9.17) is 0 Å². The number of nitrogens with zero attached hydrogens (tertiary/aromatic N) is 1. The molecule has 0 saturated carbocycles. The third kappa shape index (κ3) is 4.25. The number of amides is 3. The number of nitrogens with one attached hydrogen (secondary N) is 1. The van der Waals surface area contributed by atoms with Gasteiger partial charge in [-0.25, -0.2) is 13.2 Å². The van der Waals surface area contributed by atoms with Gasteiger partial charge < -0.3 is 5.32 Å². The predicted octanol–water partition coefficient (Wildman–Crippen LogP) is 3.57. The molecule has 1 fully saturated rings. The SMILES string of the molecule is O=C(NCCN1C(=O)SC(=Cc2ccccc2F)C1=O)c1ccc(F)cc1F. The van der Waals surface area contributed by atoms with Gasteiger partial charge in [-0.05, 0) is 36.0 Å². The first-order chi connectivity index (χ1) is 13.4. The molecule has 28 heavy (non-hydrogen) atoms. The number of thioether (sulfide) groups is 1. The monoisotopic (exact) mass is 406 g/mol. The largest absolute Gasteiger partial charge is 0.350 e. The van der Waals surface area contributed by atoms with Crippen LogP contribution in [0.5, 0.6) is 0 Å². The molecule has 0 unspecified atom stereocenters. The molecule has 5 nitrogen and oxygen atoms in total. The Labute approximate surface area is 162 Å². The molecule has 3 amide bonds. The van der Waals surface area contributed by atoms with Crippen molar-refractivity contribution in [3.8, 4) is 0 Å². The Morgan fingerprint density at radius 1 is 1.07 bits per heavy atom. The second kappa shape index (κ2) is 8.30. The average Bonchev–Trinajstić information content (AvgIpc) is 2.91. The number of benzene rings is 2. The Hall–Kier alpha value is -3.07. The lowest BCUT2D eigenvalue weighted by Gasteiger charge is -2.13. The Balaban J connectivity index is 1.62. The first kappa shape index (κ1) is 19.7. The van der Waals surface area contributed by atoms with Gasteiger partial charge in [0.25, 0.3) is 17.1 Å². The third-order valence-corrected chi connectivity index (χ3v) is 4.77. The van der Waals surface area contributed by atoms with E-state index < -0.39 is 34.5 Å². The van der Waals surface area contributed by atoms with E-state index in [9.17, 15) is 27.6 Å². The maximum Gasteiger partial charge on any atom is 0.293 e. The average molecular weight is 406 g/mol. The fourth-order valence-electron chi connectivity index (χ4n) is 2.48. The van der Waals surface area contributed by atoms with Crippen molar-refractivity contribution in [2.45, 2.75) is 0 Å². The van der Waals surface area contributed by atoms with Crippen molar-refractivity contribution >= 4 is 34.9 Å².